The molecule has 1 N–H and O–H groups in total. The van der Waals surface area contributed by atoms with Gasteiger partial charge in [0.15, 0.2) is 0 Å². The first kappa shape index (κ1) is 12.9. The van der Waals surface area contributed by atoms with Crippen molar-refractivity contribution in [3.05, 3.63) is 0 Å². The highest BCUT2D eigenvalue weighted by atomic mass is 15.2. The third-order valence-electron chi connectivity index (χ3n) is 2.21. The van der Waals surface area contributed by atoms with Gasteiger partial charge in [-0.25, -0.2) is 0 Å². The molecule has 2 nitrogen and oxygen atoms in total. The fourth-order valence-electron chi connectivity index (χ4n) is 1.63. The monoisotopic (exact) mass is 188 g/mol. The molecule has 0 spiro atoms. The van der Waals surface area contributed by atoms with E-state index in [1.807, 2.05) is 0 Å². The molecule has 0 aromatic carbocycles. The van der Waals surface area contributed by atoms with Crippen LogP contribution in [0.4, 0.5) is 0 Å². The molecule has 0 saturated heterocycles. The zero-order valence-electron chi connectivity index (χ0n) is 10.3. The molecule has 0 aliphatic rings. The summed E-state index contributed by atoms with van der Waals surface area (Å²) < 4.78 is 0. The van der Waals surface area contributed by atoms with E-state index >= 15 is 0 Å². The Morgan fingerprint density at radius 1 is 1.23 bits per heavy atom. The first-order valence-corrected chi connectivity index (χ1v) is 5.22. The summed E-state index contributed by atoms with van der Waals surface area (Å²) >= 11 is 0. The molecule has 82 valence electrons. The number of rotatable bonds is 5. The molecule has 0 aromatic heterocycles. The Labute approximate surface area is 85.2 Å². The van der Waals surface area contributed by atoms with E-state index in [-0.39, 0.29) is 6.97 Å². The number of hydrogen-bond donors (Lipinski definition) is 1. The van der Waals surface area contributed by atoms with E-state index < -0.39 is 0 Å². The van der Waals surface area contributed by atoms with E-state index in [9.17, 15) is 0 Å². The van der Waals surface area contributed by atoms with Gasteiger partial charge in [-0.3, -0.25) is 0 Å². The number of likely N-dealkylation sites (N-methyl/N-ethyl adjacent to an activating group) is 1. The van der Waals surface area contributed by atoms with Crippen LogP contribution in [0.1, 0.15) is 43.0 Å². The molecule has 0 fully saturated rings. The van der Waals surface area contributed by atoms with Crippen LogP contribution in [0.15, 0.2) is 0 Å². The van der Waals surface area contributed by atoms with Crippen molar-refractivity contribution in [2.24, 2.45) is 0 Å². The van der Waals surface area contributed by atoms with Crippen molar-refractivity contribution in [3.63, 3.8) is 0 Å². The van der Waals surface area contributed by atoms with Crippen molar-refractivity contribution in [1.82, 2.24) is 10.2 Å². The van der Waals surface area contributed by atoms with Crippen molar-refractivity contribution >= 4 is 0 Å². The van der Waals surface area contributed by atoms with Gasteiger partial charge in [0, 0.05) is 25.6 Å². The van der Waals surface area contributed by atoms with Gasteiger partial charge in [0.1, 0.15) is 0 Å². The standard InChI is InChI=1S/C11H26N2.H2/c1-9(2)12-11(5,6)8-13(7)10(3)4;/h9-10,12H,8H2,1-7H3;1H. The highest BCUT2D eigenvalue weighted by Crippen LogP contribution is 2.07. The summed E-state index contributed by atoms with van der Waals surface area (Å²) in [5.74, 6) is 0. The molecule has 0 atom stereocenters. The molecular weight excluding hydrogens is 160 g/mol. The van der Waals surface area contributed by atoms with Crippen molar-refractivity contribution in [2.75, 3.05) is 13.6 Å². The molecule has 0 rings (SSSR count). The zero-order valence-corrected chi connectivity index (χ0v) is 10.3. The third-order valence-corrected chi connectivity index (χ3v) is 2.21. The summed E-state index contributed by atoms with van der Waals surface area (Å²) in [6, 6.07) is 1.17. The highest BCUT2D eigenvalue weighted by Gasteiger charge is 2.21. The van der Waals surface area contributed by atoms with E-state index in [0.717, 1.165) is 6.54 Å². The molecule has 2 heteroatoms. The van der Waals surface area contributed by atoms with Crippen LogP contribution >= 0.6 is 0 Å². The van der Waals surface area contributed by atoms with Crippen LogP contribution in [0.3, 0.4) is 0 Å². The molecule has 0 bridgehead atoms. The Morgan fingerprint density at radius 3 is 2.00 bits per heavy atom. The fourth-order valence-corrected chi connectivity index (χ4v) is 1.63. The molecule has 0 saturated carbocycles. The van der Waals surface area contributed by atoms with Gasteiger partial charge in [-0.05, 0) is 34.7 Å². The van der Waals surface area contributed by atoms with Gasteiger partial charge in [-0.1, -0.05) is 13.8 Å². The Hall–Kier alpha value is -0.0800. The molecule has 0 aromatic rings. The molecule has 0 unspecified atom stereocenters. The van der Waals surface area contributed by atoms with Crippen LogP contribution in [-0.2, 0) is 0 Å². The molecule has 0 heterocycles. The lowest BCUT2D eigenvalue weighted by Crippen LogP contribution is -2.52. The summed E-state index contributed by atoms with van der Waals surface area (Å²) in [6.07, 6.45) is 0. The molecule has 0 radical (unpaired) electrons. The number of nitrogens with one attached hydrogen (secondary N) is 1. The zero-order chi connectivity index (χ0) is 10.6. The summed E-state index contributed by atoms with van der Waals surface area (Å²) in [6.45, 7) is 14.4. The van der Waals surface area contributed by atoms with Gasteiger partial charge in [0.05, 0.1) is 0 Å². The average Bonchev–Trinajstić information content (AvgIpc) is 1.81. The quantitative estimate of drug-likeness (QED) is 0.712. The molecule has 0 aliphatic carbocycles. The minimum Gasteiger partial charge on any atom is -0.308 e. The van der Waals surface area contributed by atoms with Crippen LogP contribution in [0, 0.1) is 0 Å². The summed E-state index contributed by atoms with van der Waals surface area (Å²) in [4.78, 5) is 2.37. The van der Waals surface area contributed by atoms with Crippen LogP contribution < -0.4 is 5.32 Å². The van der Waals surface area contributed by atoms with Crippen LogP contribution in [-0.4, -0.2) is 36.1 Å². The maximum atomic E-state index is 3.56. The van der Waals surface area contributed by atoms with E-state index in [1.54, 1.807) is 0 Å². The predicted molar refractivity (Wildman–Crippen MR) is 62.2 cm³/mol. The second-order valence-corrected chi connectivity index (χ2v) is 5.19. The van der Waals surface area contributed by atoms with Gasteiger partial charge in [-0.2, -0.15) is 0 Å². The second kappa shape index (κ2) is 4.97. The topological polar surface area (TPSA) is 15.3 Å². The summed E-state index contributed by atoms with van der Waals surface area (Å²) in [5, 5.41) is 3.56. The Bertz CT molecular complexity index is 144. The first-order valence-electron chi connectivity index (χ1n) is 5.22. The number of nitrogens with zero attached hydrogens (tertiary/aromatic N) is 1. The second-order valence-electron chi connectivity index (χ2n) is 5.19. The van der Waals surface area contributed by atoms with E-state index in [1.165, 1.54) is 0 Å². The molecule has 0 aliphatic heterocycles. The van der Waals surface area contributed by atoms with Crippen molar-refractivity contribution in [2.45, 2.75) is 59.2 Å². The largest absolute Gasteiger partial charge is 0.308 e. The van der Waals surface area contributed by atoms with E-state index in [0.29, 0.717) is 12.1 Å². The summed E-state index contributed by atoms with van der Waals surface area (Å²) in [5.41, 5.74) is 0.202. The molecule has 13 heavy (non-hydrogen) atoms. The highest BCUT2D eigenvalue weighted by molar-refractivity contribution is 4.83. The van der Waals surface area contributed by atoms with E-state index in [4.69, 9.17) is 0 Å². The smallest absolute Gasteiger partial charge is 0.0254 e. The van der Waals surface area contributed by atoms with Gasteiger partial charge in [0.25, 0.3) is 0 Å². The average molecular weight is 188 g/mol. The fraction of sp³-hybridized carbons (Fsp3) is 1.00. The normalized spacial score (nSPS) is 13.4. The van der Waals surface area contributed by atoms with Crippen LogP contribution in [0.25, 0.3) is 0 Å². The molecular formula is C11H28N2. The van der Waals surface area contributed by atoms with Crippen LogP contribution in [0.2, 0.25) is 0 Å². The van der Waals surface area contributed by atoms with Crippen molar-refractivity contribution in [1.29, 1.82) is 0 Å². The van der Waals surface area contributed by atoms with E-state index in [2.05, 4.69) is 58.8 Å². The number of hydrogen-bond acceptors (Lipinski definition) is 2. The van der Waals surface area contributed by atoms with Gasteiger partial charge >= 0.3 is 0 Å². The van der Waals surface area contributed by atoms with Gasteiger partial charge < -0.3 is 10.2 Å². The van der Waals surface area contributed by atoms with Gasteiger partial charge in [-0.15, -0.1) is 0 Å². The third kappa shape index (κ3) is 6.05. The summed E-state index contributed by atoms with van der Waals surface area (Å²) in [7, 11) is 2.18. The Balaban J connectivity index is 0. The lowest BCUT2D eigenvalue weighted by atomic mass is 10.0. The van der Waals surface area contributed by atoms with Crippen molar-refractivity contribution in [3.8, 4) is 0 Å². The van der Waals surface area contributed by atoms with Crippen LogP contribution in [0.5, 0.6) is 0 Å². The Morgan fingerprint density at radius 2 is 1.69 bits per heavy atom. The lowest BCUT2D eigenvalue weighted by molar-refractivity contribution is 0.192. The minimum absolute atomic E-state index is 0. The molecule has 0 amide bonds. The minimum atomic E-state index is 0. The maximum Gasteiger partial charge on any atom is 0.0254 e. The van der Waals surface area contributed by atoms with Gasteiger partial charge in [0.2, 0.25) is 0 Å². The maximum absolute atomic E-state index is 3.56. The SMILES string of the molecule is CC(C)NC(C)(C)CN(C)C(C)C.[HH]. The van der Waals surface area contributed by atoms with Crippen molar-refractivity contribution < 1.29 is 1.43 Å². The lowest BCUT2D eigenvalue weighted by Gasteiger charge is -2.35. The predicted octanol–water partition coefficient (Wildman–Crippen LogP) is 2.35. The Kier molecular flexibility index (Phi) is 4.93. The first-order chi connectivity index (χ1) is 5.74.